The van der Waals surface area contributed by atoms with E-state index in [4.69, 9.17) is 0 Å². The molecule has 0 saturated heterocycles. The van der Waals surface area contributed by atoms with Crippen LogP contribution in [-0.4, -0.2) is 5.91 Å². The second-order valence-corrected chi connectivity index (χ2v) is 5.16. The summed E-state index contributed by atoms with van der Waals surface area (Å²) in [5.74, 6) is -0.0271. The number of nitrogens with one attached hydrogen (secondary N) is 1. The lowest BCUT2D eigenvalue weighted by Crippen LogP contribution is -2.26. The zero-order chi connectivity index (χ0) is 14.5. The van der Waals surface area contributed by atoms with Crippen LogP contribution in [0.25, 0.3) is 0 Å². The van der Waals surface area contributed by atoms with E-state index < -0.39 is 0 Å². The molecule has 0 aliphatic carbocycles. The van der Waals surface area contributed by atoms with Gasteiger partial charge in [-0.3, -0.25) is 4.79 Å². The molecule has 2 aromatic carbocycles. The average Bonchev–Trinajstić information content (AvgIpc) is 2.48. The minimum absolute atomic E-state index is 0.00829. The summed E-state index contributed by atoms with van der Waals surface area (Å²) in [5.41, 5.74) is 4.30. The zero-order valence-corrected chi connectivity index (χ0v) is 12.3. The third kappa shape index (κ3) is 3.47. The number of amides is 1. The fourth-order valence-corrected chi connectivity index (χ4v) is 2.11. The van der Waals surface area contributed by atoms with Gasteiger partial charge in [-0.1, -0.05) is 48.9 Å². The van der Waals surface area contributed by atoms with Gasteiger partial charge >= 0.3 is 0 Å². The van der Waals surface area contributed by atoms with Crippen LogP contribution in [0, 0.1) is 6.92 Å². The number of carbonyl (C=O) groups is 1. The quantitative estimate of drug-likeness (QED) is 0.889. The van der Waals surface area contributed by atoms with Crippen LogP contribution < -0.4 is 5.32 Å². The lowest BCUT2D eigenvalue weighted by atomic mass is 10.1. The summed E-state index contributed by atoms with van der Waals surface area (Å²) in [4.78, 5) is 12.2. The molecule has 20 heavy (non-hydrogen) atoms. The van der Waals surface area contributed by atoms with Crippen LogP contribution in [-0.2, 0) is 6.42 Å². The summed E-state index contributed by atoms with van der Waals surface area (Å²) in [6.45, 7) is 6.17. The van der Waals surface area contributed by atoms with Crippen LogP contribution in [0.15, 0.2) is 48.5 Å². The molecule has 1 atom stereocenters. The van der Waals surface area contributed by atoms with E-state index in [1.54, 1.807) is 0 Å². The molecule has 0 aliphatic rings. The smallest absolute Gasteiger partial charge is 0.251 e. The molecule has 0 aromatic heterocycles. The average molecular weight is 267 g/mol. The van der Waals surface area contributed by atoms with Gasteiger partial charge in [0.05, 0.1) is 6.04 Å². The van der Waals surface area contributed by atoms with Gasteiger partial charge in [-0.25, -0.2) is 0 Å². The van der Waals surface area contributed by atoms with Gasteiger partial charge in [-0.05, 0) is 43.5 Å². The van der Waals surface area contributed by atoms with Crippen molar-refractivity contribution in [1.29, 1.82) is 0 Å². The molecule has 0 aliphatic heterocycles. The topological polar surface area (TPSA) is 29.1 Å². The number of hydrogen-bond acceptors (Lipinski definition) is 1. The molecule has 0 radical (unpaired) electrons. The second kappa shape index (κ2) is 6.38. The highest BCUT2D eigenvalue weighted by Crippen LogP contribution is 2.14. The first-order chi connectivity index (χ1) is 9.60. The molecule has 1 amide bonds. The Morgan fingerprint density at radius 2 is 1.65 bits per heavy atom. The number of aryl methyl sites for hydroxylation is 2. The largest absolute Gasteiger partial charge is 0.346 e. The summed E-state index contributed by atoms with van der Waals surface area (Å²) in [5, 5.41) is 3.03. The Morgan fingerprint density at radius 1 is 1.05 bits per heavy atom. The predicted octanol–water partition coefficient (Wildman–Crippen LogP) is 4.05. The zero-order valence-electron chi connectivity index (χ0n) is 12.3. The first kappa shape index (κ1) is 14.3. The van der Waals surface area contributed by atoms with Crippen LogP contribution in [0.4, 0.5) is 0 Å². The van der Waals surface area contributed by atoms with Gasteiger partial charge in [0.15, 0.2) is 0 Å². The van der Waals surface area contributed by atoms with E-state index >= 15 is 0 Å². The number of benzene rings is 2. The van der Waals surface area contributed by atoms with Gasteiger partial charge in [-0.15, -0.1) is 0 Å². The summed E-state index contributed by atoms with van der Waals surface area (Å²) < 4.78 is 0. The second-order valence-electron chi connectivity index (χ2n) is 5.16. The van der Waals surface area contributed by atoms with Crippen molar-refractivity contribution in [3.05, 3.63) is 70.8 Å². The van der Waals surface area contributed by atoms with Crippen LogP contribution in [0.3, 0.4) is 0 Å². The van der Waals surface area contributed by atoms with E-state index in [0.29, 0.717) is 5.56 Å². The minimum Gasteiger partial charge on any atom is -0.346 e. The standard InChI is InChI=1S/C18H21NO/c1-4-15-7-11-17(12-8-15)18(20)19-14(3)16-9-5-13(2)6-10-16/h5-12,14H,4H2,1-3H3,(H,19,20). The van der Waals surface area contributed by atoms with Gasteiger partial charge in [-0.2, -0.15) is 0 Å². The highest BCUT2D eigenvalue weighted by molar-refractivity contribution is 5.94. The fraction of sp³-hybridized carbons (Fsp3) is 0.278. The van der Waals surface area contributed by atoms with Gasteiger partial charge < -0.3 is 5.32 Å². The number of carbonyl (C=O) groups excluding carboxylic acids is 1. The van der Waals surface area contributed by atoms with E-state index in [-0.39, 0.29) is 11.9 Å². The van der Waals surface area contributed by atoms with Crippen molar-refractivity contribution in [3.63, 3.8) is 0 Å². The Morgan fingerprint density at radius 3 is 2.20 bits per heavy atom. The number of rotatable bonds is 4. The maximum atomic E-state index is 12.2. The van der Waals surface area contributed by atoms with Crippen molar-refractivity contribution < 1.29 is 4.79 Å². The Balaban J connectivity index is 2.04. The van der Waals surface area contributed by atoms with Crippen molar-refractivity contribution in [2.24, 2.45) is 0 Å². The molecule has 0 fully saturated rings. The lowest BCUT2D eigenvalue weighted by Gasteiger charge is -2.14. The molecule has 104 valence electrons. The van der Waals surface area contributed by atoms with Crippen LogP contribution in [0.2, 0.25) is 0 Å². The SMILES string of the molecule is CCc1ccc(C(=O)NC(C)c2ccc(C)cc2)cc1. The third-order valence-electron chi connectivity index (χ3n) is 3.55. The molecular formula is C18H21NO. The van der Waals surface area contributed by atoms with Gasteiger partial charge in [0.1, 0.15) is 0 Å². The first-order valence-electron chi connectivity index (χ1n) is 7.06. The molecule has 1 unspecified atom stereocenters. The fourth-order valence-electron chi connectivity index (χ4n) is 2.11. The van der Waals surface area contributed by atoms with Crippen LogP contribution in [0.5, 0.6) is 0 Å². The molecular weight excluding hydrogens is 246 g/mol. The lowest BCUT2D eigenvalue weighted by molar-refractivity contribution is 0.0940. The number of hydrogen-bond donors (Lipinski definition) is 1. The molecule has 0 bridgehead atoms. The van der Waals surface area contributed by atoms with E-state index in [9.17, 15) is 4.79 Å². The molecule has 2 nitrogen and oxygen atoms in total. The van der Waals surface area contributed by atoms with Crippen molar-refractivity contribution in [3.8, 4) is 0 Å². The molecule has 2 rings (SSSR count). The minimum atomic E-state index is -0.0271. The summed E-state index contributed by atoms with van der Waals surface area (Å²) in [7, 11) is 0. The Labute approximate surface area is 120 Å². The highest BCUT2D eigenvalue weighted by atomic mass is 16.1. The Kier molecular flexibility index (Phi) is 4.57. The maximum absolute atomic E-state index is 12.2. The van der Waals surface area contributed by atoms with Crippen LogP contribution >= 0.6 is 0 Å². The van der Waals surface area contributed by atoms with Crippen molar-refractivity contribution in [1.82, 2.24) is 5.32 Å². The summed E-state index contributed by atoms with van der Waals surface area (Å²) >= 11 is 0. The van der Waals surface area contributed by atoms with Crippen molar-refractivity contribution >= 4 is 5.91 Å². The van der Waals surface area contributed by atoms with E-state index in [0.717, 1.165) is 12.0 Å². The molecule has 2 aromatic rings. The van der Waals surface area contributed by atoms with E-state index in [2.05, 4.69) is 43.4 Å². The van der Waals surface area contributed by atoms with E-state index in [1.165, 1.54) is 11.1 Å². The van der Waals surface area contributed by atoms with Gasteiger partial charge in [0.25, 0.3) is 5.91 Å². The molecule has 1 N–H and O–H groups in total. The van der Waals surface area contributed by atoms with Crippen molar-refractivity contribution in [2.45, 2.75) is 33.2 Å². The molecule has 0 spiro atoms. The Hall–Kier alpha value is -2.09. The van der Waals surface area contributed by atoms with Gasteiger partial charge in [0.2, 0.25) is 0 Å². The molecule has 0 saturated carbocycles. The predicted molar refractivity (Wildman–Crippen MR) is 82.9 cm³/mol. The van der Waals surface area contributed by atoms with Gasteiger partial charge in [0, 0.05) is 5.56 Å². The molecule has 2 heteroatoms. The third-order valence-corrected chi connectivity index (χ3v) is 3.55. The molecule has 0 heterocycles. The first-order valence-corrected chi connectivity index (χ1v) is 7.06. The normalized spacial score (nSPS) is 11.9. The highest BCUT2D eigenvalue weighted by Gasteiger charge is 2.11. The monoisotopic (exact) mass is 267 g/mol. The van der Waals surface area contributed by atoms with Crippen molar-refractivity contribution in [2.75, 3.05) is 0 Å². The summed E-state index contributed by atoms with van der Waals surface area (Å²) in [6, 6.07) is 16.0. The van der Waals surface area contributed by atoms with E-state index in [1.807, 2.05) is 31.2 Å². The Bertz CT molecular complexity index is 569. The maximum Gasteiger partial charge on any atom is 0.251 e. The summed E-state index contributed by atoms with van der Waals surface area (Å²) in [6.07, 6.45) is 0.988. The van der Waals surface area contributed by atoms with Crippen LogP contribution in [0.1, 0.15) is 46.9 Å².